The van der Waals surface area contributed by atoms with Crippen LogP contribution < -0.4 is 10.1 Å². The molecule has 0 aromatic carbocycles. The first-order chi connectivity index (χ1) is 16.6. The highest BCUT2D eigenvalue weighted by Crippen LogP contribution is 2.40. The Kier molecular flexibility index (Phi) is 7.63. The van der Waals surface area contributed by atoms with Crippen LogP contribution in [0.1, 0.15) is 69.8 Å². The van der Waals surface area contributed by atoms with Gasteiger partial charge in [-0.2, -0.15) is 13.2 Å². The van der Waals surface area contributed by atoms with Crippen LogP contribution in [0.15, 0.2) is 12.4 Å². The van der Waals surface area contributed by atoms with Gasteiger partial charge in [-0.3, -0.25) is 4.79 Å². The molecule has 2 N–H and O–H groups in total. The third-order valence-corrected chi connectivity index (χ3v) is 6.82. The normalized spacial score (nSPS) is 25.5. The lowest BCUT2D eigenvalue weighted by molar-refractivity contribution is -0.143. The molecule has 0 radical (unpaired) electrons. The zero-order chi connectivity index (χ0) is 25.2. The molecule has 0 saturated heterocycles. The number of alkyl halides is 3. The molecular formula is C24H31F3N4O4. The van der Waals surface area contributed by atoms with Crippen molar-refractivity contribution in [2.75, 3.05) is 12.4 Å². The van der Waals surface area contributed by atoms with Crippen molar-refractivity contribution in [3.63, 3.8) is 0 Å². The van der Waals surface area contributed by atoms with E-state index in [-0.39, 0.29) is 36.0 Å². The van der Waals surface area contributed by atoms with Gasteiger partial charge < -0.3 is 19.9 Å². The number of halogens is 3. The Balaban J connectivity index is 1.56. The van der Waals surface area contributed by atoms with Gasteiger partial charge in [0.25, 0.3) is 0 Å². The van der Waals surface area contributed by atoms with Crippen LogP contribution in [0.2, 0.25) is 0 Å². The molecule has 8 nitrogen and oxygen atoms in total. The van der Waals surface area contributed by atoms with E-state index in [1.807, 2.05) is 0 Å². The Labute approximate surface area is 201 Å². The minimum Gasteiger partial charge on any atom is -0.474 e. The van der Waals surface area contributed by atoms with E-state index in [4.69, 9.17) is 9.47 Å². The van der Waals surface area contributed by atoms with E-state index in [1.165, 1.54) is 14.0 Å². The van der Waals surface area contributed by atoms with Crippen LogP contribution in [0.25, 0.3) is 10.9 Å². The van der Waals surface area contributed by atoms with Gasteiger partial charge in [0.15, 0.2) is 0 Å². The Morgan fingerprint density at radius 3 is 2.57 bits per heavy atom. The number of aliphatic hydroxyl groups is 1. The smallest absolute Gasteiger partial charge is 0.391 e. The largest absolute Gasteiger partial charge is 0.474 e. The molecule has 0 spiro atoms. The van der Waals surface area contributed by atoms with E-state index in [0.29, 0.717) is 48.9 Å². The van der Waals surface area contributed by atoms with E-state index in [0.717, 1.165) is 18.4 Å². The maximum atomic E-state index is 12.8. The predicted molar refractivity (Wildman–Crippen MR) is 122 cm³/mol. The van der Waals surface area contributed by atoms with Crippen molar-refractivity contribution in [2.45, 2.75) is 88.6 Å². The van der Waals surface area contributed by atoms with E-state index >= 15 is 0 Å². The lowest BCUT2D eigenvalue weighted by atomic mass is 9.80. The fraction of sp³-hybridized carbons (Fsp3) is 0.667. The Morgan fingerprint density at radius 1 is 1.20 bits per heavy atom. The summed E-state index contributed by atoms with van der Waals surface area (Å²) in [7, 11) is 1.37. The van der Waals surface area contributed by atoms with E-state index in [1.54, 1.807) is 12.4 Å². The van der Waals surface area contributed by atoms with Gasteiger partial charge in [-0.1, -0.05) is 0 Å². The molecule has 0 aliphatic heterocycles. The second-order valence-electron chi connectivity index (χ2n) is 9.70. The van der Waals surface area contributed by atoms with Crippen LogP contribution in [-0.4, -0.2) is 57.6 Å². The molecule has 2 aromatic rings. The zero-order valence-electron chi connectivity index (χ0n) is 19.8. The van der Waals surface area contributed by atoms with Crippen molar-refractivity contribution in [1.82, 2.24) is 15.0 Å². The van der Waals surface area contributed by atoms with Crippen LogP contribution in [0, 0.1) is 5.92 Å². The van der Waals surface area contributed by atoms with E-state index in [9.17, 15) is 23.1 Å². The number of aliphatic hydroxyl groups excluding tert-OH is 1. The van der Waals surface area contributed by atoms with Gasteiger partial charge >= 0.3 is 12.1 Å². The zero-order valence-corrected chi connectivity index (χ0v) is 19.8. The lowest BCUT2D eigenvalue weighted by Gasteiger charge is -2.34. The average Bonchev–Trinajstić information content (AvgIpc) is 2.76. The molecule has 0 amide bonds. The molecule has 2 aromatic heterocycles. The van der Waals surface area contributed by atoms with Gasteiger partial charge in [-0.25, -0.2) is 15.0 Å². The number of ether oxygens (including phenoxy) is 2. The highest BCUT2D eigenvalue weighted by molar-refractivity contribution is 5.86. The summed E-state index contributed by atoms with van der Waals surface area (Å²) in [5.41, 5.74) is 1.48. The molecule has 4 rings (SSSR count). The molecule has 2 aliphatic rings. The fourth-order valence-electron chi connectivity index (χ4n) is 4.90. The Morgan fingerprint density at radius 2 is 1.91 bits per heavy atom. The molecule has 2 aliphatic carbocycles. The summed E-state index contributed by atoms with van der Waals surface area (Å²) in [5.74, 6) is 0.577. The molecule has 1 atom stereocenters. The molecular weight excluding hydrogens is 465 g/mol. The third kappa shape index (κ3) is 6.50. The molecule has 2 heterocycles. The number of rotatable bonds is 8. The number of fused-ring (bicyclic) bond motifs is 1. The topological polar surface area (TPSA) is 106 Å². The number of esters is 1. The van der Waals surface area contributed by atoms with Crippen molar-refractivity contribution >= 4 is 22.8 Å². The van der Waals surface area contributed by atoms with Crippen LogP contribution in [0.3, 0.4) is 0 Å². The van der Waals surface area contributed by atoms with Gasteiger partial charge in [0.1, 0.15) is 6.10 Å². The maximum Gasteiger partial charge on any atom is 0.391 e. The maximum absolute atomic E-state index is 12.8. The van der Waals surface area contributed by atoms with Crippen molar-refractivity contribution < 1.29 is 32.5 Å². The number of aromatic nitrogens is 3. The molecule has 0 bridgehead atoms. The third-order valence-electron chi connectivity index (χ3n) is 6.82. The highest BCUT2D eigenvalue weighted by atomic mass is 19.4. The minimum atomic E-state index is -4.29. The van der Waals surface area contributed by atoms with E-state index in [2.05, 4.69) is 20.3 Å². The summed E-state index contributed by atoms with van der Waals surface area (Å²) in [5, 5.41) is 13.2. The first-order valence-electron chi connectivity index (χ1n) is 12.0. The standard InChI is InChI=1S/C24H31F3N4O4/c1-13(10-24(25,26)27)30-23-29-12-19-21(31-23)18(15-3-5-16(32)6-4-15)11-28-22(19)35-17-7-14(8-17)9-20(33)34-2/h11-17,32H,3-10H2,1-2H3,(H,29,30,31)/t13-,14?,15?,16?,17?/m0/s1. The monoisotopic (exact) mass is 496 g/mol. The molecule has 0 unspecified atom stereocenters. The molecule has 2 fully saturated rings. The van der Waals surface area contributed by atoms with Crippen molar-refractivity contribution in [3.05, 3.63) is 18.0 Å². The van der Waals surface area contributed by atoms with Crippen molar-refractivity contribution in [3.8, 4) is 5.88 Å². The number of carbonyl (C=O) groups excluding carboxylic acids is 1. The van der Waals surface area contributed by atoms with Crippen molar-refractivity contribution in [1.29, 1.82) is 0 Å². The predicted octanol–water partition coefficient (Wildman–Crippen LogP) is 4.52. The molecule has 11 heteroatoms. The number of hydrogen-bond donors (Lipinski definition) is 2. The first kappa shape index (κ1) is 25.4. The summed E-state index contributed by atoms with van der Waals surface area (Å²) in [6.45, 7) is 1.44. The highest BCUT2D eigenvalue weighted by Gasteiger charge is 2.34. The minimum absolute atomic E-state index is 0.0966. The first-order valence-corrected chi connectivity index (χ1v) is 12.0. The second-order valence-corrected chi connectivity index (χ2v) is 9.70. The number of nitrogens with one attached hydrogen (secondary N) is 1. The molecule has 2 saturated carbocycles. The van der Waals surface area contributed by atoms with Crippen LogP contribution in [0.4, 0.5) is 19.1 Å². The molecule has 192 valence electrons. The van der Waals surface area contributed by atoms with Crippen LogP contribution in [-0.2, 0) is 9.53 Å². The quantitative estimate of drug-likeness (QED) is 0.514. The number of carbonyl (C=O) groups is 1. The number of nitrogens with zero attached hydrogens (tertiary/aromatic N) is 3. The van der Waals surface area contributed by atoms with Gasteiger partial charge in [-0.05, 0) is 57.3 Å². The number of pyridine rings is 1. The van der Waals surface area contributed by atoms with Crippen LogP contribution in [0.5, 0.6) is 5.88 Å². The Bertz CT molecular complexity index is 1040. The Hall–Kier alpha value is -2.69. The second kappa shape index (κ2) is 10.5. The summed E-state index contributed by atoms with van der Waals surface area (Å²) in [6, 6.07) is -0.889. The summed E-state index contributed by atoms with van der Waals surface area (Å²) in [6.07, 6.45) is 2.20. The summed E-state index contributed by atoms with van der Waals surface area (Å²) in [4.78, 5) is 24.8. The molecule has 35 heavy (non-hydrogen) atoms. The van der Waals surface area contributed by atoms with Gasteiger partial charge in [0.05, 0.1) is 30.5 Å². The van der Waals surface area contributed by atoms with Crippen molar-refractivity contribution in [2.24, 2.45) is 5.92 Å². The number of methoxy groups -OCH3 is 1. The number of hydrogen-bond acceptors (Lipinski definition) is 8. The summed E-state index contributed by atoms with van der Waals surface area (Å²) >= 11 is 0. The fourth-order valence-corrected chi connectivity index (χ4v) is 4.90. The summed E-state index contributed by atoms with van der Waals surface area (Å²) < 4.78 is 49.2. The average molecular weight is 497 g/mol. The lowest BCUT2D eigenvalue weighted by Crippen LogP contribution is -2.35. The van der Waals surface area contributed by atoms with Gasteiger partial charge in [0.2, 0.25) is 11.8 Å². The van der Waals surface area contributed by atoms with E-state index < -0.39 is 18.6 Å². The van der Waals surface area contributed by atoms with Gasteiger partial charge in [0, 0.05) is 30.4 Å². The number of anilines is 1. The SMILES string of the molecule is COC(=O)CC1CC(Oc2ncc(C3CCC(O)CC3)c3nc(N[C@@H](C)CC(F)(F)F)ncc23)C1. The van der Waals surface area contributed by atoms with Gasteiger partial charge in [-0.15, -0.1) is 0 Å². The van der Waals surface area contributed by atoms with Crippen LogP contribution >= 0.6 is 0 Å².